The average molecular weight is 314 g/mol. The summed E-state index contributed by atoms with van der Waals surface area (Å²) in [5, 5.41) is 12.1. The van der Waals surface area contributed by atoms with Crippen LogP contribution in [0.4, 0.5) is 4.79 Å². The molecule has 0 aliphatic heterocycles. The summed E-state index contributed by atoms with van der Waals surface area (Å²) >= 11 is 1.34. The van der Waals surface area contributed by atoms with Crippen molar-refractivity contribution in [2.75, 3.05) is 6.54 Å². The van der Waals surface area contributed by atoms with Crippen LogP contribution in [0.2, 0.25) is 0 Å². The molecule has 1 rings (SSSR count). The minimum absolute atomic E-state index is 0.180. The maximum atomic E-state index is 11.7. The molecule has 1 atom stereocenters. The van der Waals surface area contributed by atoms with Gasteiger partial charge in [-0.3, -0.25) is 0 Å². The fourth-order valence-corrected chi connectivity index (χ4v) is 2.29. The van der Waals surface area contributed by atoms with Gasteiger partial charge in [0.2, 0.25) is 0 Å². The number of alkyl carbamates (subject to hydrolysis) is 1. The summed E-state index contributed by atoms with van der Waals surface area (Å²) in [6, 6.07) is 0.180. The molecule has 0 bridgehead atoms. The monoisotopic (exact) mass is 314 g/mol. The third-order valence-electron chi connectivity index (χ3n) is 2.62. The van der Waals surface area contributed by atoms with Gasteiger partial charge in [-0.05, 0) is 44.6 Å². The summed E-state index contributed by atoms with van der Waals surface area (Å²) in [7, 11) is 0. The molecule has 120 valence electrons. The fourth-order valence-electron chi connectivity index (χ4n) is 1.84. The molecule has 1 aromatic rings. The molecule has 7 heteroatoms. The molecule has 6 nitrogen and oxygen atoms in total. The number of carbonyl (C=O) groups is 1. The summed E-state index contributed by atoms with van der Waals surface area (Å²) in [4.78, 5) is 11.7. The van der Waals surface area contributed by atoms with E-state index in [0.717, 1.165) is 12.1 Å². The third kappa shape index (κ3) is 8.62. The second-order valence-corrected chi connectivity index (χ2v) is 7.10. The van der Waals surface area contributed by atoms with Gasteiger partial charge in [-0.1, -0.05) is 18.3 Å². The van der Waals surface area contributed by atoms with Crippen LogP contribution in [0, 0.1) is 5.92 Å². The Labute approximate surface area is 130 Å². The molecule has 1 unspecified atom stereocenters. The number of hydrogen-bond donors (Lipinski definition) is 2. The van der Waals surface area contributed by atoms with Crippen LogP contribution < -0.4 is 10.6 Å². The standard InChI is InChI=1S/C14H26N4O2S/c1-10(2)6-11(15-8-12-9-21-18-17-12)7-16-13(19)20-14(3,4)5/h9-11,15H,6-8H2,1-5H3,(H,16,19). The van der Waals surface area contributed by atoms with Gasteiger partial charge in [0.05, 0.1) is 5.69 Å². The van der Waals surface area contributed by atoms with E-state index in [2.05, 4.69) is 34.1 Å². The lowest BCUT2D eigenvalue weighted by Crippen LogP contribution is -2.43. The van der Waals surface area contributed by atoms with Gasteiger partial charge in [-0.15, -0.1) is 5.10 Å². The highest BCUT2D eigenvalue weighted by Crippen LogP contribution is 2.08. The van der Waals surface area contributed by atoms with Crippen LogP contribution in [0.15, 0.2) is 5.38 Å². The predicted molar refractivity (Wildman–Crippen MR) is 84.2 cm³/mol. The number of nitrogens with one attached hydrogen (secondary N) is 2. The molecular formula is C14H26N4O2S. The molecule has 0 aliphatic rings. The van der Waals surface area contributed by atoms with Crippen molar-refractivity contribution < 1.29 is 9.53 Å². The van der Waals surface area contributed by atoms with Crippen LogP contribution in [-0.2, 0) is 11.3 Å². The first-order valence-corrected chi connectivity index (χ1v) is 8.06. The van der Waals surface area contributed by atoms with Crippen molar-refractivity contribution in [3.8, 4) is 0 Å². The summed E-state index contributed by atoms with van der Waals surface area (Å²) in [5.41, 5.74) is 0.447. The number of carbonyl (C=O) groups excluding carboxylic acids is 1. The number of amides is 1. The van der Waals surface area contributed by atoms with Crippen LogP contribution in [0.3, 0.4) is 0 Å². The van der Waals surface area contributed by atoms with E-state index < -0.39 is 5.60 Å². The van der Waals surface area contributed by atoms with Crippen molar-refractivity contribution in [3.05, 3.63) is 11.1 Å². The molecule has 0 fully saturated rings. The lowest BCUT2D eigenvalue weighted by molar-refractivity contribution is 0.0521. The van der Waals surface area contributed by atoms with Crippen LogP contribution in [-0.4, -0.2) is 33.9 Å². The minimum atomic E-state index is -0.475. The SMILES string of the molecule is CC(C)CC(CNC(=O)OC(C)(C)C)NCc1csnn1. The predicted octanol–water partition coefficient (Wildman–Crippen LogP) is 2.57. The van der Waals surface area contributed by atoms with Gasteiger partial charge in [-0.2, -0.15) is 0 Å². The van der Waals surface area contributed by atoms with Gasteiger partial charge in [-0.25, -0.2) is 4.79 Å². The van der Waals surface area contributed by atoms with Gasteiger partial charge < -0.3 is 15.4 Å². The average Bonchev–Trinajstić information content (AvgIpc) is 2.83. The first-order valence-electron chi connectivity index (χ1n) is 7.22. The Bertz CT molecular complexity index is 415. The van der Waals surface area contributed by atoms with Crippen molar-refractivity contribution in [2.45, 2.75) is 59.2 Å². The van der Waals surface area contributed by atoms with Gasteiger partial charge in [0.1, 0.15) is 5.60 Å². The van der Waals surface area contributed by atoms with Crippen LogP contribution in [0.25, 0.3) is 0 Å². The number of ether oxygens (including phenoxy) is 1. The lowest BCUT2D eigenvalue weighted by Gasteiger charge is -2.23. The van der Waals surface area contributed by atoms with Gasteiger partial charge in [0, 0.05) is 24.5 Å². The summed E-state index contributed by atoms with van der Waals surface area (Å²) in [6.07, 6.45) is 0.585. The van der Waals surface area contributed by atoms with Gasteiger partial charge in [0.15, 0.2) is 0 Å². The maximum Gasteiger partial charge on any atom is 0.407 e. The Morgan fingerprint density at radius 2 is 2.14 bits per heavy atom. The third-order valence-corrected chi connectivity index (χ3v) is 3.18. The van der Waals surface area contributed by atoms with Crippen molar-refractivity contribution in [3.63, 3.8) is 0 Å². The van der Waals surface area contributed by atoms with Gasteiger partial charge >= 0.3 is 6.09 Å². The molecule has 0 aromatic carbocycles. The zero-order valence-corrected chi connectivity index (χ0v) is 14.3. The normalized spacial score (nSPS) is 13.2. The Morgan fingerprint density at radius 1 is 1.43 bits per heavy atom. The fraction of sp³-hybridized carbons (Fsp3) is 0.786. The molecule has 0 radical (unpaired) electrons. The number of rotatable bonds is 7. The van der Waals surface area contributed by atoms with Crippen molar-refractivity contribution >= 4 is 17.6 Å². The summed E-state index contributed by atoms with van der Waals surface area (Å²) in [5.74, 6) is 0.538. The molecular weight excluding hydrogens is 288 g/mol. The first-order chi connectivity index (χ1) is 9.76. The van der Waals surface area contributed by atoms with E-state index in [1.165, 1.54) is 11.5 Å². The number of aromatic nitrogens is 2. The quantitative estimate of drug-likeness (QED) is 0.809. The molecule has 1 amide bonds. The maximum absolute atomic E-state index is 11.7. The molecule has 2 N–H and O–H groups in total. The summed E-state index contributed by atoms with van der Waals surface area (Å²) < 4.78 is 9.08. The lowest BCUT2D eigenvalue weighted by atomic mass is 10.0. The van der Waals surface area contributed by atoms with Crippen LogP contribution >= 0.6 is 11.5 Å². The highest BCUT2D eigenvalue weighted by atomic mass is 32.1. The van der Waals surface area contributed by atoms with Crippen LogP contribution in [0.5, 0.6) is 0 Å². The van der Waals surface area contributed by atoms with E-state index in [1.807, 2.05) is 26.2 Å². The molecule has 1 heterocycles. The number of nitrogens with zero attached hydrogens (tertiary/aromatic N) is 2. The zero-order chi connectivity index (χ0) is 15.9. The Kier molecular flexibility index (Phi) is 7.04. The summed E-state index contributed by atoms with van der Waals surface area (Å²) in [6.45, 7) is 11.1. The van der Waals surface area contributed by atoms with Crippen molar-refractivity contribution in [1.82, 2.24) is 20.2 Å². The smallest absolute Gasteiger partial charge is 0.407 e. The Balaban J connectivity index is 2.40. The van der Waals surface area contributed by atoms with E-state index in [9.17, 15) is 4.79 Å². The molecule has 0 aliphatic carbocycles. The second-order valence-electron chi connectivity index (χ2n) is 6.49. The van der Waals surface area contributed by atoms with Gasteiger partial charge in [0.25, 0.3) is 0 Å². The number of hydrogen-bond acceptors (Lipinski definition) is 6. The molecule has 0 saturated heterocycles. The topological polar surface area (TPSA) is 76.1 Å². The molecule has 1 aromatic heterocycles. The Morgan fingerprint density at radius 3 is 2.67 bits per heavy atom. The molecule has 21 heavy (non-hydrogen) atoms. The first kappa shape index (κ1) is 17.8. The largest absolute Gasteiger partial charge is 0.444 e. The Hall–Kier alpha value is -1.21. The minimum Gasteiger partial charge on any atom is -0.444 e. The zero-order valence-electron chi connectivity index (χ0n) is 13.5. The second kappa shape index (κ2) is 8.29. The van der Waals surface area contributed by atoms with E-state index in [4.69, 9.17) is 4.74 Å². The van der Waals surface area contributed by atoms with E-state index in [-0.39, 0.29) is 12.1 Å². The highest BCUT2D eigenvalue weighted by Gasteiger charge is 2.18. The van der Waals surface area contributed by atoms with Crippen LogP contribution in [0.1, 0.15) is 46.7 Å². The van der Waals surface area contributed by atoms with Crippen molar-refractivity contribution in [2.24, 2.45) is 5.92 Å². The highest BCUT2D eigenvalue weighted by molar-refractivity contribution is 7.03. The van der Waals surface area contributed by atoms with E-state index in [0.29, 0.717) is 19.0 Å². The van der Waals surface area contributed by atoms with E-state index >= 15 is 0 Å². The molecule has 0 spiro atoms. The molecule has 0 saturated carbocycles. The van der Waals surface area contributed by atoms with E-state index in [1.54, 1.807) is 0 Å². The van der Waals surface area contributed by atoms with Crippen molar-refractivity contribution in [1.29, 1.82) is 0 Å².